The van der Waals surface area contributed by atoms with Gasteiger partial charge in [-0.15, -0.1) is 0 Å². The lowest BCUT2D eigenvalue weighted by Gasteiger charge is -2.12. The number of hydrogen-bond donors (Lipinski definition) is 2. The third-order valence-corrected chi connectivity index (χ3v) is 6.66. The molecule has 2 rings (SSSR count). The highest BCUT2D eigenvalue weighted by Gasteiger charge is 2.25. The van der Waals surface area contributed by atoms with Crippen molar-refractivity contribution in [1.82, 2.24) is 10.0 Å². The van der Waals surface area contributed by atoms with Crippen molar-refractivity contribution in [2.45, 2.75) is 50.2 Å². The molecule has 8 heteroatoms. The minimum Gasteiger partial charge on any atom is -0.452 e. The Morgan fingerprint density at radius 1 is 1.52 bits per heavy atom. The number of sulfonamides is 1. The van der Waals surface area contributed by atoms with E-state index >= 15 is 0 Å². The maximum Gasteiger partial charge on any atom is 0.245 e. The second-order valence-electron chi connectivity index (χ2n) is 5.19. The molecule has 1 aromatic rings. The van der Waals surface area contributed by atoms with Crippen LogP contribution in [0.15, 0.2) is 20.0 Å². The van der Waals surface area contributed by atoms with E-state index in [0.717, 1.165) is 11.5 Å². The molecule has 1 fully saturated rings. The fraction of sp³-hybridized carbons (Fsp3) is 0.692. The van der Waals surface area contributed by atoms with Gasteiger partial charge in [0.2, 0.25) is 10.0 Å². The number of furan rings is 1. The topological polar surface area (TPSA) is 71.3 Å². The summed E-state index contributed by atoms with van der Waals surface area (Å²) < 4.78 is 33.1. The van der Waals surface area contributed by atoms with Crippen molar-refractivity contribution in [2.24, 2.45) is 0 Å². The smallest absolute Gasteiger partial charge is 0.245 e. The molecule has 0 aromatic carbocycles. The van der Waals surface area contributed by atoms with Gasteiger partial charge in [-0.3, -0.25) is 0 Å². The Morgan fingerprint density at radius 3 is 2.86 bits per heavy atom. The van der Waals surface area contributed by atoms with Gasteiger partial charge < -0.3 is 9.73 Å². The second-order valence-corrected chi connectivity index (χ2v) is 8.91. The van der Waals surface area contributed by atoms with Crippen molar-refractivity contribution in [3.63, 3.8) is 0 Å². The van der Waals surface area contributed by atoms with E-state index in [9.17, 15) is 8.42 Å². The van der Waals surface area contributed by atoms with Gasteiger partial charge in [-0.1, -0.05) is 6.92 Å². The molecule has 1 atom stereocenters. The van der Waals surface area contributed by atoms with E-state index in [4.69, 9.17) is 4.42 Å². The lowest BCUT2D eigenvalue weighted by atomic mass is 10.4. The molecule has 0 aliphatic heterocycles. The Balaban J connectivity index is 2.00. The summed E-state index contributed by atoms with van der Waals surface area (Å²) >= 11 is 4.91. The van der Waals surface area contributed by atoms with E-state index < -0.39 is 10.0 Å². The van der Waals surface area contributed by atoms with Gasteiger partial charge in [-0.2, -0.15) is 11.8 Å². The molecule has 120 valence electrons. The number of thioether (sulfide) groups is 1. The van der Waals surface area contributed by atoms with Gasteiger partial charge in [0.15, 0.2) is 4.67 Å². The van der Waals surface area contributed by atoms with E-state index in [1.807, 2.05) is 6.92 Å². The Morgan fingerprint density at radius 2 is 2.24 bits per heavy atom. The molecule has 1 heterocycles. The van der Waals surface area contributed by atoms with Gasteiger partial charge in [0.05, 0.1) is 6.54 Å². The van der Waals surface area contributed by atoms with Crippen LogP contribution < -0.4 is 10.0 Å². The summed E-state index contributed by atoms with van der Waals surface area (Å²) in [5.74, 6) is 2.35. The molecule has 1 aromatic heterocycles. The molecule has 2 N–H and O–H groups in total. The summed E-state index contributed by atoms with van der Waals surface area (Å²) in [5.41, 5.74) is 0. The van der Waals surface area contributed by atoms with Crippen LogP contribution >= 0.6 is 27.7 Å². The Hall–Kier alpha value is -0.0200. The maximum absolute atomic E-state index is 12.4. The van der Waals surface area contributed by atoms with Crippen molar-refractivity contribution in [3.05, 3.63) is 16.5 Å². The van der Waals surface area contributed by atoms with Gasteiger partial charge in [0.25, 0.3) is 0 Å². The van der Waals surface area contributed by atoms with Crippen LogP contribution in [0.3, 0.4) is 0 Å². The molecule has 21 heavy (non-hydrogen) atoms. The summed E-state index contributed by atoms with van der Waals surface area (Å²) in [5, 5.41) is 3.30. The second kappa shape index (κ2) is 7.50. The molecular formula is C13H21BrN2O3S2. The van der Waals surface area contributed by atoms with Crippen molar-refractivity contribution in [3.8, 4) is 0 Å². The zero-order valence-electron chi connectivity index (χ0n) is 12.2. The first kappa shape index (κ1) is 17.3. The number of rotatable bonds is 9. The number of halogens is 1. The summed E-state index contributed by atoms with van der Waals surface area (Å²) in [6.07, 6.45) is 2.36. The monoisotopic (exact) mass is 396 g/mol. The SMILES string of the molecule is CCSCC(C)NS(=O)(=O)c1cc(CNC2CC2)oc1Br. The standard InChI is InChI=1S/C13H21BrN2O3S2/c1-3-20-8-9(2)16-21(17,18)12-6-11(19-13(12)14)7-15-10-4-5-10/h6,9-10,15-16H,3-5,7-8H2,1-2H3. The quantitative estimate of drug-likeness (QED) is 0.671. The van der Waals surface area contributed by atoms with Crippen molar-refractivity contribution in [2.75, 3.05) is 11.5 Å². The number of hydrogen-bond acceptors (Lipinski definition) is 5. The average molecular weight is 397 g/mol. The van der Waals surface area contributed by atoms with E-state index in [2.05, 4.69) is 32.9 Å². The molecular weight excluding hydrogens is 376 g/mol. The summed E-state index contributed by atoms with van der Waals surface area (Å²) in [6.45, 7) is 4.47. The normalized spacial score (nSPS) is 17.1. The summed E-state index contributed by atoms with van der Waals surface area (Å²) in [7, 11) is -3.55. The van der Waals surface area contributed by atoms with E-state index in [0.29, 0.717) is 18.3 Å². The van der Waals surface area contributed by atoms with Gasteiger partial charge >= 0.3 is 0 Å². The van der Waals surface area contributed by atoms with E-state index in [1.165, 1.54) is 12.8 Å². The van der Waals surface area contributed by atoms with Gasteiger partial charge in [0.1, 0.15) is 10.7 Å². The molecule has 1 saturated carbocycles. The van der Waals surface area contributed by atoms with Crippen LogP contribution in [0.25, 0.3) is 0 Å². The molecule has 1 unspecified atom stereocenters. The average Bonchev–Trinajstić information content (AvgIpc) is 3.15. The van der Waals surface area contributed by atoms with Gasteiger partial charge in [-0.25, -0.2) is 13.1 Å². The molecule has 0 amide bonds. The van der Waals surface area contributed by atoms with Crippen LogP contribution in [-0.4, -0.2) is 32.0 Å². The van der Waals surface area contributed by atoms with Crippen molar-refractivity contribution < 1.29 is 12.8 Å². The Kier molecular flexibility index (Phi) is 6.19. The Bertz CT molecular complexity index is 570. The molecule has 1 aliphatic carbocycles. The number of nitrogens with one attached hydrogen (secondary N) is 2. The Labute approximate surface area is 138 Å². The highest BCUT2D eigenvalue weighted by Crippen LogP contribution is 2.27. The largest absolute Gasteiger partial charge is 0.452 e. The van der Waals surface area contributed by atoms with Crippen LogP contribution in [0.5, 0.6) is 0 Å². The van der Waals surface area contributed by atoms with Crippen molar-refractivity contribution >= 4 is 37.7 Å². The maximum atomic E-state index is 12.4. The highest BCUT2D eigenvalue weighted by atomic mass is 79.9. The molecule has 0 bridgehead atoms. The van der Waals surface area contributed by atoms with Crippen LogP contribution in [-0.2, 0) is 16.6 Å². The predicted molar refractivity (Wildman–Crippen MR) is 89.1 cm³/mol. The van der Waals surface area contributed by atoms with E-state index in [-0.39, 0.29) is 15.6 Å². The van der Waals surface area contributed by atoms with E-state index in [1.54, 1.807) is 17.8 Å². The summed E-state index contributed by atoms with van der Waals surface area (Å²) in [4.78, 5) is 0.170. The fourth-order valence-corrected chi connectivity index (χ4v) is 4.88. The summed E-state index contributed by atoms with van der Waals surface area (Å²) in [6, 6.07) is 2.02. The molecule has 0 radical (unpaired) electrons. The zero-order valence-corrected chi connectivity index (χ0v) is 15.4. The predicted octanol–water partition coefficient (Wildman–Crippen LogP) is 2.71. The highest BCUT2D eigenvalue weighted by molar-refractivity contribution is 9.10. The van der Waals surface area contributed by atoms with Crippen LogP contribution in [0.1, 0.15) is 32.4 Å². The van der Waals surface area contributed by atoms with Crippen LogP contribution in [0.2, 0.25) is 0 Å². The lowest BCUT2D eigenvalue weighted by molar-refractivity contribution is 0.459. The van der Waals surface area contributed by atoms with Gasteiger partial charge in [0, 0.05) is 23.9 Å². The molecule has 5 nitrogen and oxygen atoms in total. The fourth-order valence-electron chi connectivity index (χ4n) is 1.86. The molecule has 1 aliphatic rings. The third-order valence-electron chi connectivity index (χ3n) is 3.07. The first-order chi connectivity index (χ1) is 9.92. The first-order valence-electron chi connectivity index (χ1n) is 7.04. The van der Waals surface area contributed by atoms with Crippen LogP contribution in [0, 0.1) is 0 Å². The molecule has 0 saturated heterocycles. The van der Waals surface area contributed by atoms with Gasteiger partial charge in [-0.05, 0) is 41.4 Å². The zero-order chi connectivity index (χ0) is 15.5. The lowest BCUT2D eigenvalue weighted by Crippen LogP contribution is -2.34. The third kappa shape index (κ3) is 5.28. The minimum atomic E-state index is -3.55. The minimum absolute atomic E-state index is 0.116. The molecule has 0 spiro atoms. The van der Waals surface area contributed by atoms with Crippen molar-refractivity contribution in [1.29, 1.82) is 0 Å². The first-order valence-corrected chi connectivity index (χ1v) is 10.5. The van der Waals surface area contributed by atoms with Crippen LogP contribution in [0.4, 0.5) is 0 Å².